The van der Waals surface area contributed by atoms with Gasteiger partial charge in [-0.05, 0) is 49.2 Å². The van der Waals surface area contributed by atoms with Crippen molar-refractivity contribution in [2.24, 2.45) is 0 Å². The first-order valence-corrected chi connectivity index (χ1v) is 6.25. The number of anilines is 3. The van der Waals surface area contributed by atoms with Crippen LogP contribution in [-0.2, 0) is 0 Å². The van der Waals surface area contributed by atoms with Gasteiger partial charge in [-0.25, -0.2) is 0 Å². The molecule has 0 spiro atoms. The van der Waals surface area contributed by atoms with Gasteiger partial charge in [0.25, 0.3) is 0 Å². The van der Waals surface area contributed by atoms with E-state index in [-0.39, 0.29) is 0 Å². The van der Waals surface area contributed by atoms with E-state index >= 15 is 0 Å². The summed E-state index contributed by atoms with van der Waals surface area (Å²) in [6.07, 6.45) is 0. The topological polar surface area (TPSA) is 38.0 Å². The second-order valence-electron chi connectivity index (χ2n) is 4.10. The van der Waals surface area contributed by atoms with E-state index in [0.717, 1.165) is 27.1 Å². The van der Waals surface area contributed by atoms with Gasteiger partial charge in [-0.2, -0.15) is 0 Å². The summed E-state index contributed by atoms with van der Waals surface area (Å²) in [6.45, 7) is 4.10. The Bertz CT molecular complexity index is 550. The van der Waals surface area contributed by atoms with Crippen LogP contribution in [0.3, 0.4) is 0 Å². The third kappa shape index (κ3) is 2.61. The monoisotopic (exact) mass is 290 g/mol. The Morgan fingerprint density at radius 3 is 2.59 bits per heavy atom. The van der Waals surface area contributed by atoms with Crippen LogP contribution < -0.4 is 11.1 Å². The summed E-state index contributed by atoms with van der Waals surface area (Å²) in [5, 5.41) is 3.41. The van der Waals surface area contributed by atoms with Gasteiger partial charge in [0.05, 0.1) is 0 Å². The van der Waals surface area contributed by atoms with E-state index in [4.69, 9.17) is 5.73 Å². The molecule has 0 radical (unpaired) electrons. The third-order valence-electron chi connectivity index (χ3n) is 2.84. The van der Waals surface area contributed by atoms with Crippen molar-refractivity contribution in [1.82, 2.24) is 0 Å². The summed E-state index contributed by atoms with van der Waals surface area (Å²) in [5.74, 6) is 0. The van der Waals surface area contributed by atoms with Gasteiger partial charge in [-0.1, -0.05) is 28.1 Å². The zero-order chi connectivity index (χ0) is 12.4. The molecule has 0 aliphatic rings. The van der Waals surface area contributed by atoms with E-state index in [9.17, 15) is 0 Å². The Hall–Kier alpha value is -1.48. The average Bonchev–Trinajstić information content (AvgIpc) is 2.30. The lowest BCUT2D eigenvalue weighted by Crippen LogP contribution is -1.98. The molecule has 0 saturated heterocycles. The fraction of sp³-hybridized carbons (Fsp3) is 0.143. The Kier molecular flexibility index (Phi) is 3.38. The molecule has 17 heavy (non-hydrogen) atoms. The number of hydrogen-bond donors (Lipinski definition) is 2. The van der Waals surface area contributed by atoms with Gasteiger partial charge in [0.2, 0.25) is 0 Å². The van der Waals surface area contributed by atoms with Gasteiger partial charge in [0.15, 0.2) is 0 Å². The quantitative estimate of drug-likeness (QED) is 0.805. The van der Waals surface area contributed by atoms with Crippen LogP contribution >= 0.6 is 15.9 Å². The second kappa shape index (κ2) is 4.80. The highest BCUT2D eigenvalue weighted by Crippen LogP contribution is 2.28. The van der Waals surface area contributed by atoms with Gasteiger partial charge < -0.3 is 11.1 Å². The number of benzene rings is 2. The summed E-state index contributed by atoms with van der Waals surface area (Å²) in [7, 11) is 0. The van der Waals surface area contributed by atoms with Crippen LogP contribution in [0, 0.1) is 13.8 Å². The summed E-state index contributed by atoms with van der Waals surface area (Å²) < 4.78 is 1.06. The van der Waals surface area contributed by atoms with E-state index in [1.165, 1.54) is 5.56 Å². The SMILES string of the molecule is Cc1ccc(Br)cc1Nc1cccc(N)c1C. The number of nitrogen functional groups attached to an aromatic ring is 1. The summed E-state index contributed by atoms with van der Waals surface area (Å²) in [6, 6.07) is 12.1. The van der Waals surface area contributed by atoms with Crippen molar-refractivity contribution < 1.29 is 0 Å². The second-order valence-corrected chi connectivity index (χ2v) is 5.02. The Morgan fingerprint density at radius 2 is 1.82 bits per heavy atom. The highest BCUT2D eigenvalue weighted by Gasteiger charge is 2.04. The fourth-order valence-corrected chi connectivity index (χ4v) is 2.02. The predicted molar refractivity (Wildman–Crippen MR) is 77.8 cm³/mol. The van der Waals surface area contributed by atoms with E-state index in [1.807, 2.05) is 31.2 Å². The standard InChI is InChI=1S/C14H15BrN2/c1-9-6-7-11(15)8-14(9)17-13-5-3-4-12(16)10(13)2/h3-8,17H,16H2,1-2H3. The summed E-state index contributed by atoms with van der Waals surface area (Å²) in [4.78, 5) is 0. The molecular weight excluding hydrogens is 276 g/mol. The molecule has 0 saturated carbocycles. The predicted octanol–water partition coefficient (Wildman–Crippen LogP) is 4.39. The molecule has 2 nitrogen and oxygen atoms in total. The molecule has 0 atom stereocenters. The number of aryl methyl sites for hydroxylation is 1. The maximum atomic E-state index is 5.89. The van der Waals surface area contributed by atoms with E-state index in [2.05, 4.69) is 40.3 Å². The lowest BCUT2D eigenvalue weighted by atomic mass is 10.1. The average molecular weight is 291 g/mol. The van der Waals surface area contributed by atoms with Crippen LogP contribution in [0.1, 0.15) is 11.1 Å². The van der Waals surface area contributed by atoms with Crippen molar-refractivity contribution >= 4 is 33.0 Å². The number of nitrogens with two attached hydrogens (primary N) is 1. The molecule has 2 rings (SSSR count). The molecule has 2 aromatic carbocycles. The molecular formula is C14H15BrN2. The first-order valence-electron chi connectivity index (χ1n) is 5.46. The number of hydrogen-bond acceptors (Lipinski definition) is 2. The van der Waals surface area contributed by atoms with Gasteiger partial charge in [-0.3, -0.25) is 0 Å². The van der Waals surface area contributed by atoms with Crippen molar-refractivity contribution in [3.05, 3.63) is 52.0 Å². The minimum absolute atomic E-state index is 0.808. The lowest BCUT2D eigenvalue weighted by Gasteiger charge is -2.13. The number of nitrogens with one attached hydrogen (secondary N) is 1. The Morgan fingerprint density at radius 1 is 1.06 bits per heavy atom. The highest BCUT2D eigenvalue weighted by atomic mass is 79.9. The number of halogens is 1. The molecule has 0 amide bonds. The zero-order valence-corrected chi connectivity index (χ0v) is 11.5. The van der Waals surface area contributed by atoms with Crippen molar-refractivity contribution in [3.8, 4) is 0 Å². The van der Waals surface area contributed by atoms with Gasteiger partial charge in [0.1, 0.15) is 0 Å². The van der Waals surface area contributed by atoms with Crippen LogP contribution in [0.25, 0.3) is 0 Å². The minimum atomic E-state index is 0.808. The van der Waals surface area contributed by atoms with Crippen LogP contribution in [0.4, 0.5) is 17.1 Å². The molecule has 2 aromatic rings. The third-order valence-corrected chi connectivity index (χ3v) is 3.34. The molecule has 3 N–H and O–H groups in total. The Balaban J connectivity index is 2.38. The zero-order valence-electron chi connectivity index (χ0n) is 9.92. The van der Waals surface area contributed by atoms with Crippen LogP contribution in [0.2, 0.25) is 0 Å². The van der Waals surface area contributed by atoms with Crippen molar-refractivity contribution in [1.29, 1.82) is 0 Å². The minimum Gasteiger partial charge on any atom is -0.398 e. The fourth-order valence-electron chi connectivity index (χ4n) is 1.66. The molecule has 0 aliphatic carbocycles. The first kappa shape index (κ1) is 12.0. The smallest absolute Gasteiger partial charge is 0.0434 e. The van der Waals surface area contributed by atoms with Gasteiger partial charge >= 0.3 is 0 Å². The summed E-state index contributed by atoms with van der Waals surface area (Å²) in [5.41, 5.74) is 11.1. The van der Waals surface area contributed by atoms with Crippen molar-refractivity contribution in [3.63, 3.8) is 0 Å². The van der Waals surface area contributed by atoms with Gasteiger partial charge in [0, 0.05) is 21.5 Å². The van der Waals surface area contributed by atoms with Crippen LogP contribution in [0.5, 0.6) is 0 Å². The molecule has 0 heterocycles. The normalized spacial score (nSPS) is 10.3. The van der Waals surface area contributed by atoms with Crippen molar-refractivity contribution in [2.45, 2.75) is 13.8 Å². The first-order chi connectivity index (χ1) is 8.08. The Labute approximate surface area is 110 Å². The van der Waals surface area contributed by atoms with Crippen LogP contribution in [-0.4, -0.2) is 0 Å². The van der Waals surface area contributed by atoms with Crippen LogP contribution in [0.15, 0.2) is 40.9 Å². The maximum absolute atomic E-state index is 5.89. The molecule has 0 aromatic heterocycles. The van der Waals surface area contributed by atoms with E-state index in [0.29, 0.717) is 0 Å². The van der Waals surface area contributed by atoms with Crippen molar-refractivity contribution in [2.75, 3.05) is 11.1 Å². The highest BCUT2D eigenvalue weighted by molar-refractivity contribution is 9.10. The number of rotatable bonds is 2. The van der Waals surface area contributed by atoms with E-state index in [1.54, 1.807) is 0 Å². The maximum Gasteiger partial charge on any atom is 0.0434 e. The molecule has 0 fully saturated rings. The molecule has 0 unspecified atom stereocenters. The largest absolute Gasteiger partial charge is 0.398 e. The molecule has 0 bridgehead atoms. The van der Waals surface area contributed by atoms with E-state index < -0.39 is 0 Å². The molecule has 88 valence electrons. The van der Waals surface area contributed by atoms with Gasteiger partial charge in [-0.15, -0.1) is 0 Å². The lowest BCUT2D eigenvalue weighted by molar-refractivity contribution is 1.39. The summed E-state index contributed by atoms with van der Waals surface area (Å²) >= 11 is 3.48. The molecule has 0 aliphatic heterocycles. The molecule has 3 heteroatoms.